The summed E-state index contributed by atoms with van der Waals surface area (Å²) in [4.78, 5) is 17.9. The van der Waals surface area contributed by atoms with Gasteiger partial charge < -0.3 is 15.6 Å². The number of ether oxygens (including phenoxy) is 1. The lowest BCUT2D eigenvalue weighted by molar-refractivity contribution is -0.0500. The molecule has 5 aromatic rings. The molecule has 4 heterocycles. The summed E-state index contributed by atoms with van der Waals surface area (Å²) in [6.07, 6.45) is 2.82. The molecule has 0 amide bonds. The molecule has 0 aliphatic rings. The molecule has 0 unspecified atom stereocenters. The van der Waals surface area contributed by atoms with E-state index in [1.807, 2.05) is 34.9 Å². The van der Waals surface area contributed by atoms with Gasteiger partial charge >= 0.3 is 6.61 Å². The van der Waals surface area contributed by atoms with Crippen molar-refractivity contribution in [3.8, 4) is 34.2 Å². The molecule has 5 rings (SSSR count). The van der Waals surface area contributed by atoms with Crippen molar-refractivity contribution in [2.45, 2.75) is 13.2 Å². The normalized spacial score (nSPS) is 11.3. The number of aromatic nitrogens is 5. The zero-order chi connectivity index (χ0) is 23.7. The Labute approximate surface area is 192 Å². The maximum Gasteiger partial charge on any atom is 0.387 e. The van der Waals surface area contributed by atoms with E-state index in [0.717, 1.165) is 11.3 Å². The van der Waals surface area contributed by atoms with Gasteiger partial charge in [-0.3, -0.25) is 9.55 Å². The monoisotopic (exact) mass is 460 g/mol. The molecule has 3 N–H and O–H groups in total. The van der Waals surface area contributed by atoms with E-state index in [1.165, 1.54) is 12.3 Å². The molecule has 8 nitrogen and oxygen atoms in total. The first-order chi connectivity index (χ1) is 16.5. The minimum Gasteiger partial charge on any atom is -0.433 e. The first-order valence-electron chi connectivity index (χ1n) is 10.3. The number of aliphatic hydroxyl groups is 1. The largest absolute Gasteiger partial charge is 0.433 e. The molecule has 34 heavy (non-hydrogen) atoms. The fourth-order valence-electron chi connectivity index (χ4n) is 3.59. The molecular formula is C24H18F2N6O2. The van der Waals surface area contributed by atoms with E-state index in [1.54, 1.807) is 30.5 Å². The smallest absolute Gasteiger partial charge is 0.387 e. The summed E-state index contributed by atoms with van der Waals surface area (Å²) in [5, 5.41) is 9.42. The zero-order valence-corrected chi connectivity index (χ0v) is 17.6. The van der Waals surface area contributed by atoms with E-state index >= 15 is 0 Å². The van der Waals surface area contributed by atoms with Crippen molar-refractivity contribution in [1.82, 2.24) is 24.5 Å². The van der Waals surface area contributed by atoms with Crippen LogP contribution >= 0.6 is 0 Å². The number of benzene rings is 1. The van der Waals surface area contributed by atoms with Crippen LogP contribution in [0.1, 0.15) is 5.56 Å². The fraction of sp³-hybridized carbons (Fsp3) is 0.0833. The average molecular weight is 460 g/mol. The van der Waals surface area contributed by atoms with E-state index in [4.69, 9.17) is 15.7 Å². The number of hydrogen-bond acceptors (Lipinski definition) is 7. The summed E-state index contributed by atoms with van der Waals surface area (Å²) in [5.74, 6) is 0.835. The van der Waals surface area contributed by atoms with E-state index in [2.05, 4.69) is 14.7 Å². The van der Waals surface area contributed by atoms with Crippen LogP contribution in [0.2, 0.25) is 0 Å². The molecule has 0 aliphatic carbocycles. The number of halogens is 2. The van der Waals surface area contributed by atoms with Crippen LogP contribution in [0, 0.1) is 0 Å². The average Bonchev–Trinajstić information content (AvgIpc) is 3.23. The fourth-order valence-corrected chi connectivity index (χ4v) is 3.59. The lowest BCUT2D eigenvalue weighted by Crippen LogP contribution is -2.03. The van der Waals surface area contributed by atoms with Crippen LogP contribution in [0.4, 0.5) is 14.6 Å². The molecule has 4 aromatic heterocycles. The van der Waals surface area contributed by atoms with Gasteiger partial charge in [0.2, 0.25) is 0 Å². The molecule has 0 atom stereocenters. The molecule has 0 saturated carbocycles. The van der Waals surface area contributed by atoms with Gasteiger partial charge in [0.25, 0.3) is 0 Å². The van der Waals surface area contributed by atoms with Crippen molar-refractivity contribution in [2.75, 3.05) is 5.73 Å². The Balaban J connectivity index is 1.68. The minimum absolute atomic E-state index is 0.0387. The predicted molar refractivity (Wildman–Crippen MR) is 122 cm³/mol. The van der Waals surface area contributed by atoms with E-state index in [-0.39, 0.29) is 12.4 Å². The molecule has 1 aromatic carbocycles. The number of nitrogens with zero attached hydrogens (tertiary/aromatic N) is 5. The van der Waals surface area contributed by atoms with E-state index in [9.17, 15) is 13.9 Å². The van der Waals surface area contributed by atoms with Crippen LogP contribution in [0.5, 0.6) is 5.75 Å². The van der Waals surface area contributed by atoms with Gasteiger partial charge in [-0.05, 0) is 54.1 Å². The summed E-state index contributed by atoms with van der Waals surface area (Å²) in [7, 11) is 0. The number of nitrogens with two attached hydrogens (primary N) is 1. The van der Waals surface area contributed by atoms with Crippen LogP contribution in [0.25, 0.3) is 39.6 Å². The van der Waals surface area contributed by atoms with Crippen LogP contribution in [0.3, 0.4) is 0 Å². The van der Waals surface area contributed by atoms with Gasteiger partial charge in [-0.25, -0.2) is 15.0 Å². The Bertz CT molecular complexity index is 1450. The molecule has 0 fully saturated rings. The van der Waals surface area contributed by atoms with Crippen molar-refractivity contribution in [2.24, 2.45) is 0 Å². The number of rotatable bonds is 6. The predicted octanol–water partition coefficient (Wildman–Crippen LogP) is 4.22. The standard InChI is InChI=1S/C24H18F2N6O2/c25-24(26)34-16-7-8-18(29-12-16)19-9-10-20-23(30-19)32(15-5-3-14(13-33)4-6-15)22(31-20)17-2-1-11-28-21(17)27/h1-12,24,33H,13H2,(H2,27,28). The Hall–Kier alpha value is -4.44. The highest BCUT2D eigenvalue weighted by Gasteiger charge is 2.19. The number of pyridine rings is 3. The maximum absolute atomic E-state index is 12.4. The number of alkyl halides is 2. The highest BCUT2D eigenvalue weighted by molar-refractivity contribution is 5.84. The van der Waals surface area contributed by atoms with Gasteiger partial charge in [-0.1, -0.05) is 12.1 Å². The zero-order valence-electron chi connectivity index (χ0n) is 17.6. The van der Waals surface area contributed by atoms with Gasteiger partial charge in [0, 0.05) is 11.9 Å². The number of fused-ring (bicyclic) bond motifs is 1. The summed E-state index contributed by atoms with van der Waals surface area (Å²) >= 11 is 0. The molecule has 170 valence electrons. The lowest BCUT2D eigenvalue weighted by Gasteiger charge is -2.11. The molecule has 0 bridgehead atoms. The number of aliphatic hydroxyl groups excluding tert-OH is 1. The number of imidazole rings is 1. The van der Waals surface area contributed by atoms with Crippen molar-refractivity contribution in [3.05, 3.63) is 78.6 Å². The second-order valence-corrected chi connectivity index (χ2v) is 7.33. The van der Waals surface area contributed by atoms with Crippen molar-refractivity contribution in [3.63, 3.8) is 0 Å². The third kappa shape index (κ3) is 4.02. The van der Waals surface area contributed by atoms with Crippen molar-refractivity contribution < 1.29 is 18.6 Å². The number of hydrogen-bond donors (Lipinski definition) is 2. The summed E-state index contributed by atoms with van der Waals surface area (Å²) < 4.78 is 31.1. The van der Waals surface area contributed by atoms with Gasteiger partial charge in [-0.2, -0.15) is 8.78 Å². The SMILES string of the molecule is Nc1ncccc1-c1nc2ccc(-c3ccc(OC(F)F)cn3)nc2n1-c1ccc(CO)cc1. The lowest BCUT2D eigenvalue weighted by atomic mass is 10.2. The quantitative estimate of drug-likeness (QED) is 0.390. The Morgan fingerprint density at radius 3 is 2.41 bits per heavy atom. The second-order valence-electron chi connectivity index (χ2n) is 7.33. The van der Waals surface area contributed by atoms with Gasteiger partial charge in [0.05, 0.1) is 29.8 Å². The molecular weight excluding hydrogens is 442 g/mol. The molecule has 0 saturated heterocycles. The van der Waals surface area contributed by atoms with Gasteiger partial charge in [0.15, 0.2) is 11.5 Å². The molecule has 10 heteroatoms. The van der Waals surface area contributed by atoms with Crippen LogP contribution in [-0.4, -0.2) is 36.2 Å². The summed E-state index contributed by atoms with van der Waals surface area (Å²) in [5.41, 5.74) is 10.5. The van der Waals surface area contributed by atoms with Crippen molar-refractivity contribution in [1.29, 1.82) is 0 Å². The Morgan fingerprint density at radius 1 is 0.941 bits per heavy atom. The van der Waals surface area contributed by atoms with Crippen LogP contribution in [-0.2, 0) is 6.61 Å². The van der Waals surface area contributed by atoms with Gasteiger partial charge in [0.1, 0.15) is 17.1 Å². The second kappa shape index (κ2) is 8.83. The van der Waals surface area contributed by atoms with E-state index in [0.29, 0.717) is 39.8 Å². The Kier molecular flexibility index (Phi) is 5.56. The topological polar surface area (TPSA) is 112 Å². The Morgan fingerprint density at radius 2 is 1.74 bits per heavy atom. The molecule has 0 aliphatic heterocycles. The van der Waals surface area contributed by atoms with Crippen LogP contribution in [0.15, 0.2) is 73.1 Å². The molecule has 0 radical (unpaired) electrons. The third-order valence-corrected chi connectivity index (χ3v) is 5.18. The molecule has 0 spiro atoms. The summed E-state index contributed by atoms with van der Waals surface area (Å²) in [6, 6.07) is 17.4. The highest BCUT2D eigenvalue weighted by Crippen LogP contribution is 2.31. The first kappa shape index (κ1) is 21.4. The highest BCUT2D eigenvalue weighted by atomic mass is 19.3. The summed E-state index contributed by atoms with van der Waals surface area (Å²) in [6.45, 7) is -3.00. The minimum atomic E-state index is -2.92. The van der Waals surface area contributed by atoms with Gasteiger partial charge in [-0.15, -0.1) is 0 Å². The van der Waals surface area contributed by atoms with E-state index < -0.39 is 6.61 Å². The maximum atomic E-state index is 12.4. The third-order valence-electron chi connectivity index (χ3n) is 5.18. The number of anilines is 1. The number of nitrogen functional groups attached to an aromatic ring is 1. The first-order valence-corrected chi connectivity index (χ1v) is 10.3. The van der Waals surface area contributed by atoms with Crippen LogP contribution < -0.4 is 10.5 Å². The van der Waals surface area contributed by atoms with Crippen molar-refractivity contribution >= 4 is 17.0 Å².